The van der Waals surface area contributed by atoms with Gasteiger partial charge in [-0.05, 0) is 45.9 Å². The number of nitrogens with zero attached hydrogens (tertiary/aromatic N) is 2. The van der Waals surface area contributed by atoms with Gasteiger partial charge in [0.2, 0.25) is 15.9 Å². The highest BCUT2D eigenvalue weighted by Gasteiger charge is 2.33. The van der Waals surface area contributed by atoms with Gasteiger partial charge < -0.3 is 5.32 Å². The number of carbonyl (C=O) groups excluding carboxylic acids is 1. The van der Waals surface area contributed by atoms with Crippen molar-refractivity contribution in [2.24, 2.45) is 0 Å². The van der Waals surface area contributed by atoms with Crippen molar-refractivity contribution in [3.63, 3.8) is 0 Å². The minimum Gasteiger partial charge on any atom is -0.350 e. The average Bonchev–Trinajstić information content (AvgIpc) is 2.54. The predicted molar refractivity (Wildman–Crippen MR) is 104 cm³/mol. The molecule has 0 radical (unpaired) electrons. The van der Waals surface area contributed by atoms with E-state index in [1.165, 1.54) is 16.4 Å². The van der Waals surface area contributed by atoms with Gasteiger partial charge in [0.25, 0.3) is 0 Å². The quantitative estimate of drug-likeness (QED) is 0.810. The lowest BCUT2D eigenvalue weighted by Gasteiger charge is -2.37. The van der Waals surface area contributed by atoms with E-state index in [0.29, 0.717) is 18.1 Å². The molecule has 0 bridgehead atoms. The summed E-state index contributed by atoms with van der Waals surface area (Å²) in [6.45, 7) is 9.13. The van der Waals surface area contributed by atoms with Crippen LogP contribution in [-0.2, 0) is 14.8 Å². The van der Waals surface area contributed by atoms with Crippen molar-refractivity contribution >= 4 is 39.1 Å². The van der Waals surface area contributed by atoms with E-state index in [1.54, 1.807) is 6.07 Å². The lowest BCUT2D eigenvalue weighted by atomic mass is 10.1. The van der Waals surface area contributed by atoms with E-state index < -0.39 is 10.0 Å². The van der Waals surface area contributed by atoms with Gasteiger partial charge in [-0.25, -0.2) is 8.42 Å². The zero-order chi connectivity index (χ0) is 19.7. The summed E-state index contributed by atoms with van der Waals surface area (Å²) in [5.74, 6) is -0.0632. The lowest BCUT2D eigenvalue weighted by molar-refractivity contribution is -0.127. The SMILES string of the molecule is C[C@@H](C(=O)NC(C)(C)C)N1CCN(S(=O)(=O)c2cc(Cl)ccc2Cl)CC1. The van der Waals surface area contributed by atoms with Gasteiger partial charge in [-0.15, -0.1) is 0 Å². The van der Waals surface area contributed by atoms with Crippen molar-refractivity contribution in [3.8, 4) is 0 Å². The minimum absolute atomic E-state index is 0.0126. The van der Waals surface area contributed by atoms with Crippen molar-refractivity contribution in [1.82, 2.24) is 14.5 Å². The number of hydrogen-bond donors (Lipinski definition) is 1. The van der Waals surface area contributed by atoms with Crippen molar-refractivity contribution in [2.75, 3.05) is 26.2 Å². The summed E-state index contributed by atoms with van der Waals surface area (Å²) in [6, 6.07) is 4.07. The summed E-state index contributed by atoms with van der Waals surface area (Å²) < 4.78 is 27.1. The first-order valence-electron chi connectivity index (χ1n) is 8.43. The number of piperazine rings is 1. The molecule has 1 N–H and O–H groups in total. The highest BCUT2D eigenvalue weighted by Crippen LogP contribution is 2.28. The minimum atomic E-state index is -3.72. The fraction of sp³-hybridized carbons (Fsp3) is 0.588. The van der Waals surface area contributed by atoms with Gasteiger partial charge in [0.15, 0.2) is 0 Å². The molecule has 1 aromatic carbocycles. The second-order valence-corrected chi connectivity index (χ2v) is 10.2. The van der Waals surface area contributed by atoms with Crippen LogP contribution in [-0.4, -0.2) is 61.3 Å². The Hall–Kier alpha value is -0.860. The molecule has 1 saturated heterocycles. The first-order valence-corrected chi connectivity index (χ1v) is 10.6. The molecule has 0 aromatic heterocycles. The van der Waals surface area contributed by atoms with Crippen molar-refractivity contribution in [2.45, 2.75) is 44.2 Å². The van der Waals surface area contributed by atoms with E-state index in [1.807, 2.05) is 32.6 Å². The summed E-state index contributed by atoms with van der Waals surface area (Å²) in [7, 11) is -3.72. The van der Waals surface area contributed by atoms with E-state index in [-0.39, 0.29) is 40.5 Å². The first kappa shape index (κ1) is 21.4. The third-order valence-corrected chi connectivity index (χ3v) is 6.82. The van der Waals surface area contributed by atoms with Crippen LogP contribution >= 0.6 is 23.2 Å². The maximum atomic E-state index is 12.8. The van der Waals surface area contributed by atoms with Crippen molar-refractivity contribution in [1.29, 1.82) is 0 Å². The Labute approximate surface area is 165 Å². The Morgan fingerprint density at radius 1 is 1.15 bits per heavy atom. The second-order valence-electron chi connectivity index (χ2n) is 7.43. The molecule has 146 valence electrons. The highest BCUT2D eigenvalue weighted by atomic mass is 35.5. The second kappa shape index (κ2) is 8.02. The van der Waals surface area contributed by atoms with E-state index >= 15 is 0 Å². The smallest absolute Gasteiger partial charge is 0.244 e. The number of sulfonamides is 1. The maximum absolute atomic E-state index is 12.8. The molecule has 1 aliphatic heterocycles. The molecule has 0 unspecified atom stereocenters. The molecular formula is C17H25Cl2N3O3S. The Morgan fingerprint density at radius 2 is 1.73 bits per heavy atom. The molecule has 2 rings (SSSR count). The van der Waals surface area contributed by atoms with Gasteiger partial charge in [0.1, 0.15) is 4.90 Å². The molecule has 1 heterocycles. The van der Waals surface area contributed by atoms with Crippen LogP contribution in [0.25, 0.3) is 0 Å². The molecule has 1 aromatic rings. The van der Waals surface area contributed by atoms with Gasteiger partial charge in [0, 0.05) is 36.7 Å². The van der Waals surface area contributed by atoms with Gasteiger partial charge in [-0.1, -0.05) is 23.2 Å². The zero-order valence-corrected chi connectivity index (χ0v) is 17.7. The van der Waals surface area contributed by atoms with Crippen LogP contribution < -0.4 is 5.32 Å². The number of hydrogen-bond acceptors (Lipinski definition) is 4. The molecule has 0 saturated carbocycles. The molecule has 1 fully saturated rings. The number of halogens is 2. The summed E-state index contributed by atoms with van der Waals surface area (Å²) in [5, 5.41) is 3.42. The average molecular weight is 422 g/mol. The van der Waals surface area contributed by atoms with E-state index in [4.69, 9.17) is 23.2 Å². The molecule has 1 atom stereocenters. The lowest BCUT2D eigenvalue weighted by Crippen LogP contribution is -2.56. The monoisotopic (exact) mass is 421 g/mol. The normalized spacial score (nSPS) is 18.5. The standard InChI is InChI=1S/C17H25Cl2N3O3S/c1-12(16(23)20-17(2,3)4)21-7-9-22(10-8-21)26(24,25)15-11-13(18)5-6-14(15)19/h5-6,11-12H,7-10H2,1-4H3,(H,20,23)/t12-/m0/s1. The summed E-state index contributed by atoms with van der Waals surface area (Å²) in [6.07, 6.45) is 0. The van der Waals surface area contributed by atoms with Crippen LogP contribution in [0.5, 0.6) is 0 Å². The molecular weight excluding hydrogens is 397 g/mol. The molecule has 6 nitrogen and oxygen atoms in total. The summed E-state index contributed by atoms with van der Waals surface area (Å²) in [5.41, 5.74) is -0.306. The Balaban J connectivity index is 2.06. The number of nitrogens with one attached hydrogen (secondary N) is 1. The number of carbonyl (C=O) groups is 1. The van der Waals surface area contributed by atoms with Gasteiger partial charge >= 0.3 is 0 Å². The van der Waals surface area contributed by atoms with Crippen LogP contribution in [0.4, 0.5) is 0 Å². The topological polar surface area (TPSA) is 69.7 Å². The van der Waals surface area contributed by atoms with Crippen LogP contribution in [0, 0.1) is 0 Å². The third-order valence-electron chi connectivity index (χ3n) is 4.21. The van der Waals surface area contributed by atoms with Crippen molar-refractivity contribution in [3.05, 3.63) is 28.2 Å². The molecule has 9 heteroatoms. The van der Waals surface area contributed by atoms with Crippen molar-refractivity contribution < 1.29 is 13.2 Å². The number of rotatable bonds is 4. The zero-order valence-electron chi connectivity index (χ0n) is 15.4. The largest absolute Gasteiger partial charge is 0.350 e. The Kier molecular flexibility index (Phi) is 6.62. The van der Waals surface area contributed by atoms with E-state index in [0.717, 1.165) is 0 Å². The summed E-state index contributed by atoms with van der Waals surface area (Å²) >= 11 is 12.0. The van der Waals surface area contributed by atoms with Crippen LogP contribution in [0.15, 0.2) is 23.1 Å². The van der Waals surface area contributed by atoms with Crippen LogP contribution in [0.3, 0.4) is 0 Å². The number of amides is 1. The fourth-order valence-electron chi connectivity index (χ4n) is 2.79. The predicted octanol–water partition coefficient (Wildman–Crippen LogP) is 2.60. The van der Waals surface area contributed by atoms with E-state index in [2.05, 4.69) is 5.32 Å². The maximum Gasteiger partial charge on any atom is 0.244 e. The van der Waals surface area contributed by atoms with Crippen LogP contribution in [0.2, 0.25) is 10.0 Å². The molecule has 1 aliphatic rings. The fourth-order valence-corrected chi connectivity index (χ4v) is 4.94. The number of benzene rings is 1. The van der Waals surface area contributed by atoms with E-state index in [9.17, 15) is 13.2 Å². The molecule has 0 spiro atoms. The van der Waals surface area contributed by atoms with Gasteiger partial charge in [-0.3, -0.25) is 9.69 Å². The molecule has 26 heavy (non-hydrogen) atoms. The highest BCUT2D eigenvalue weighted by molar-refractivity contribution is 7.89. The van der Waals surface area contributed by atoms with Crippen LogP contribution in [0.1, 0.15) is 27.7 Å². The molecule has 1 amide bonds. The van der Waals surface area contributed by atoms with Gasteiger partial charge in [0.05, 0.1) is 11.1 Å². The molecule has 0 aliphatic carbocycles. The Bertz CT molecular complexity index is 770. The summed E-state index contributed by atoms with van der Waals surface area (Å²) in [4.78, 5) is 14.3. The van der Waals surface area contributed by atoms with Gasteiger partial charge in [-0.2, -0.15) is 4.31 Å². The Morgan fingerprint density at radius 3 is 2.27 bits per heavy atom. The first-order chi connectivity index (χ1) is 11.9. The third kappa shape index (κ3) is 5.10.